The zero-order valence-electron chi connectivity index (χ0n) is 13.2. The van der Waals surface area contributed by atoms with E-state index in [1.54, 1.807) is 31.3 Å². The first kappa shape index (κ1) is 16.1. The quantitative estimate of drug-likeness (QED) is 0.789. The van der Waals surface area contributed by atoms with Crippen molar-refractivity contribution in [2.75, 3.05) is 27.4 Å². The fraction of sp³-hybridized carbons (Fsp3) is 0.353. The molecule has 1 aromatic carbocycles. The number of hydrogen-bond donors (Lipinski definition) is 0. The van der Waals surface area contributed by atoms with Crippen molar-refractivity contribution in [3.05, 3.63) is 53.5 Å². The number of ether oxygens (including phenoxy) is 2. The third-order valence-electron chi connectivity index (χ3n) is 3.33. The van der Waals surface area contributed by atoms with E-state index >= 15 is 0 Å². The summed E-state index contributed by atoms with van der Waals surface area (Å²) in [5, 5.41) is 0. The number of para-hydroxylation sites is 1. The van der Waals surface area contributed by atoms with Gasteiger partial charge in [0.1, 0.15) is 17.3 Å². The van der Waals surface area contributed by atoms with Crippen molar-refractivity contribution in [3.8, 4) is 5.75 Å². The summed E-state index contributed by atoms with van der Waals surface area (Å²) in [4.78, 5) is 14.5. The second-order valence-corrected chi connectivity index (χ2v) is 4.93. The average molecular weight is 303 g/mol. The number of furan rings is 1. The van der Waals surface area contributed by atoms with Gasteiger partial charge in [0.05, 0.1) is 25.8 Å². The number of rotatable bonds is 7. The minimum absolute atomic E-state index is 0.108. The number of methoxy groups -OCH3 is 2. The monoisotopic (exact) mass is 303 g/mol. The lowest BCUT2D eigenvalue weighted by Crippen LogP contribution is -2.33. The molecule has 0 bridgehead atoms. The largest absolute Gasteiger partial charge is 0.496 e. The Hall–Kier alpha value is -2.27. The van der Waals surface area contributed by atoms with E-state index in [2.05, 4.69) is 0 Å². The molecule has 1 heterocycles. The first-order valence-corrected chi connectivity index (χ1v) is 7.12. The highest BCUT2D eigenvalue weighted by Crippen LogP contribution is 2.20. The zero-order chi connectivity index (χ0) is 15.9. The second kappa shape index (κ2) is 7.66. The van der Waals surface area contributed by atoms with Gasteiger partial charge in [-0.2, -0.15) is 0 Å². The van der Waals surface area contributed by atoms with Crippen LogP contribution in [0.4, 0.5) is 0 Å². The Labute approximate surface area is 130 Å². The first-order chi connectivity index (χ1) is 10.7. The number of carbonyl (C=O) groups is 1. The van der Waals surface area contributed by atoms with Gasteiger partial charge in [-0.05, 0) is 31.2 Å². The van der Waals surface area contributed by atoms with E-state index in [4.69, 9.17) is 13.9 Å². The van der Waals surface area contributed by atoms with E-state index in [1.165, 1.54) is 0 Å². The van der Waals surface area contributed by atoms with E-state index in [-0.39, 0.29) is 5.91 Å². The molecule has 5 nitrogen and oxygen atoms in total. The molecule has 0 unspecified atom stereocenters. The Bertz CT molecular complexity index is 621. The summed E-state index contributed by atoms with van der Waals surface area (Å²) in [6.07, 6.45) is 0. The predicted molar refractivity (Wildman–Crippen MR) is 83.1 cm³/mol. The molecule has 22 heavy (non-hydrogen) atoms. The zero-order valence-corrected chi connectivity index (χ0v) is 13.2. The van der Waals surface area contributed by atoms with Crippen LogP contribution < -0.4 is 4.74 Å². The van der Waals surface area contributed by atoms with E-state index in [9.17, 15) is 4.79 Å². The molecule has 0 fully saturated rings. The predicted octanol–water partition coefficient (Wildman–Crippen LogP) is 2.89. The topological polar surface area (TPSA) is 51.9 Å². The van der Waals surface area contributed by atoms with Crippen LogP contribution in [0.3, 0.4) is 0 Å². The Morgan fingerprint density at radius 3 is 2.59 bits per heavy atom. The summed E-state index contributed by atoms with van der Waals surface area (Å²) in [6.45, 7) is 3.22. The molecule has 0 N–H and O–H groups in total. The minimum atomic E-state index is -0.108. The summed E-state index contributed by atoms with van der Waals surface area (Å²) in [6, 6.07) is 11.0. The van der Waals surface area contributed by atoms with Gasteiger partial charge in [0.15, 0.2) is 0 Å². The fourth-order valence-corrected chi connectivity index (χ4v) is 2.20. The molecule has 0 aliphatic heterocycles. The highest BCUT2D eigenvalue weighted by atomic mass is 16.5. The van der Waals surface area contributed by atoms with Gasteiger partial charge < -0.3 is 18.8 Å². The van der Waals surface area contributed by atoms with Gasteiger partial charge in [0.2, 0.25) is 0 Å². The number of hydrogen-bond acceptors (Lipinski definition) is 4. The van der Waals surface area contributed by atoms with Gasteiger partial charge >= 0.3 is 0 Å². The Morgan fingerprint density at radius 1 is 1.18 bits per heavy atom. The molecular weight excluding hydrogens is 282 g/mol. The van der Waals surface area contributed by atoms with Crippen LogP contribution in [0.25, 0.3) is 0 Å². The van der Waals surface area contributed by atoms with Crippen LogP contribution in [0, 0.1) is 6.92 Å². The molecular formula is C17H21NO4. The van der Waals surface area contributed by atoms with Crippen molar-refractivity contribution in [2.24, 2.45) is 0 Å². The summed E-state index contributed by atoms with van der Waals surface area (Å²) < 4.78 is 15.9. The lowest BCUT2D eigenvalue weighted by atomic mass is 10.1. The van der Waals surface area contributed by atoms with Crippen LogP contribution in [0.15, 0.2) is 40.8 Å². The number of carbonyl (C=O) groups excluding carboxylic acids is 1. The summed E-state index contributed by atoms with van der Waals surface area (Å²) in [7, 11) is 3.17. The smallest absolute Gasteiger partial charge is 0.258 e. The molecule has 2 rings (SSSR count). The van der Waals surface area contributed by atoms with Crippen LogP contribution in [0.5, 0.6) is 5.75 Å². The third kappa shape index (κ3) is 3.89. The normalized spacial score (nSPS) is 10.5. The number of benzene rings is 1. The maximum absolute atomic E-state index is 12.8. The van der Waals surface area contributed by atoms with Crippen LogP contribution in [-0.4, -0.2) is 38.2 Å². The van der Waals surface area contributed by atoms with E-state index in [0.29, 0.717) is 31.0 Å². The fourth-order valence-electron chi connectivity index (χ4n) is 2.20. The molecule has 0 aliphatic carbocycles. The number of amides is 1. The summed E-state index contributed by atoms with van der Waals surface area (Å²) in [5.41, 5.74) is 0.532. The molecule has 1 amide bonds. The maximum Gasteiger partial charge on any atom is 0.258 e. The second-order valence-electron chi connectivity index (χ2n) is 4.93. The SMILES string of the molecule is COCCN(Cc1ccc(C)o1)C(=O)c1ccccc1OC. The molecule has 118 valence electrons. The van der Waals surface area contributed by atoms with Crippen LogP contribution in [0.2, 0.25) is 0 Å². The van der Waals surface area contributed by atoms with Crippen molar-refractivity contribution in [1.29, 1.82) is 0 Å². The Morgan fingerprint density at radius 2 is 1.95 bits per heavy atom. The van der Waals surface area contributed by atoms with Gasteiger partial charge in [-0.1, -0.05) is 12.1 Å². The van der Waals surface area contributed by atoms with Gasteiger partial charge in [-0.3, -0.25) is 4.79 Å². The van der Waals surface area contributed by atoms with Gasteiger partial charge in [-0.25, -0.2) is 0 Å². The molecule has 5 heteroatoms. The molecule has 2 aromatic rings. The highest BCUT2D eigenvalue weighted by molar-refractivity contribution is 5.96. The molecule has 0 radical (unpaired) electrons. The van der Waals surface area contributed by atoms with Crippen molar-refractivity contribution < 1.29 is 18.7 Å². The minimum Gasteiger partial charge on any atom is -0.496 e. The van der Waals surface area contributed by atoms with Gasteiger partial charge in [0, 0.05) is 13.7 Å². The average Bonchev–Trinajstić information content (AvgIpc) is 2.95. The van der Waals surface area contributed by atoms with E-state index in [1.807, 2.05) is 31.2 Å². The first-order valence-electron chi connectivity index (χ1n) is 7.12. The summed E-state index contributed by atoms with van der Waals surface area (Å²) >= 11 is 0. The van der Waals surface area contributed by atoms with Gasteiger partial charge in [-0.15, -0.1) is 0 Å². The van der Waals surface area contributed by atoms with Crippen molar-refractivity contribution in [3.63, 3.8) is 0 Å². The van der Waals surface area contributed by atoms with Crippen molar-refractivity contribution in [2.45, 2.75) is 13.5 Å². The standard InChI is InChI=1S/C17H21NO4/c1-13-8-9-14(22-13)12-18(10-11-20-2)17(19)15-6-4-5-7-16(15)21-3/h4-9H,10-12H2,1-3H3. The summed E-state index contributed by atoms with van der Waals surface area (Å²) in [5.74, 6) is 2.03. The number of aryl methyl sites for hydroxylation is 1. The molecule has 0 atom stereocenters. The maximum atomic E-state index is 12.8. The molecule has 0 saturated carbocycles. The van der Waals surface area contributed by atoms with Crippen molar-refractivity contribution in [1.82, 2.24) is 4.90 Å². The van der Waals surface area contributed by atoms with E-state index in [0.717, 1.165) is 11.5 Å². The number of nitrogens with zero attached hydrogens (tertiary/aromatic N) is 1. The lowest BCUT2D eigenvalue weighted by Gasteiger charge is -2.22. The lowest BCUT2D eigenvalue weighted by molar-refractivity contribution is 0.0662. The van der Waals surface area contributed by atoms with Crippen molar-refractivity contribution >= 4 is 5.91 Å². The third-order valence-corrected chi connectivity index (χ3v) is 3.33. The molecule has 0 saturated heterocycles. The van der Waals surface area contributed by atoms with Crippen LogP contribution >= 0.6 is 0 Å². The highest BCUT2D eigenvalue weighted by Gasteiger charge is 2.20. The van der Waals surface area contributed by atoms with Crippen LogP contribution in [-0.2, 0) is 11.3 Å². The molecule has 1 aromatic heterocycles. The Kier molecular flexibility index (Phi) is 5.61. The molecule has 0 aliphatic rings. The van der Waals surface area contributed by atoms with E-state index < -0.39 is 0 Å². The molecule has 0 spiro atoms. The van der Waals surface area contributed by atoms with Gasteiger partial charge in [0.25, 0.3) is 5.91 Å². The Balaban J connectivity index is 2.21. The van der Waals surface area contributed by atoms with Crippen LogP contribution in [0.1, 0.15) is 21.9 Å².